The number of nitrogens with zero attached hydrogens (tertiary/aromatic N) is 2. The fourth-order valence-corrected chi connectivity index (χ4v) is 3.79. The summed E-state index contributed by atoms with van der Waals surface area (Å²) in [5, 5.41) is 3.06. The van der Waals surface area contributed by atoms with Crippen LogP contribution in [0.1, 0.15) is 5.69 Å². The minimum atomic E-state index is 0.379. The number of fused-ring (bicyclic) bond motifs is 3. The maximum atomic E-state index is 6.14. The first-order valence-electron chi connectivity index (χ1n) is 6.64. The van der Waals surface area contributed by atoms with E-state index < -0.39 is 0 Å². The summed E-state index contributed by atoms with van der Waals surface area (Å²) in [6.07, 6.45) is 0. The average Bonchev–Trinajstić information content (AvgIpc) is 3.06. The SMILES string of the molecule is Clc1cccc(Cl)c1OCc1csc2nc3ccccc3n12. The molecule has 0 radical (unpaired) electrons. The van der Waals surface area contributed by atoms with Gasteiger partial charge in [0.15, 0.2) is 10.7 Å². The molecule has 0 spiro atoms. The molecule has 0 unspecified atom stereocenters. The summed E-state index contributed by atoms with van der Waals surface area (Å²) in [4.78, 5) is 5.55. The van der Waals surface area contributed by atoms with Gasteiger partial charge in [0.2, 0.25) is 0 Å². The molecule has 0 fully saturated rings. The van der Waals surface area contributed by atoms with Gasteiger partial charge >= 0.3 is 0 Å². The van der Waals surface area contributed by atoms with E-state index in [0.29, 0.717) is 22.4 Å². The molecule has 4 rings (SSSR count). The molecular formula is C16H10Cl2N2OS. The van der Waals surface area contributed by atoms with E-state index >= 15 is 0 Å². The van der Waals surface area contributed by atoms with Crippen molar-refractivity contribution in [3.8, 4) is 5.75 Å². The van der Waals surface area contributed by atoms with Gasteiger partial charge in [-0.2, -0.15) is 0 Å². The highest BCUT2D eigenvalue weighted by molar-refractivity contribution is 7.15. The quantitative estimate of drug-likeness (QED) is 0.493. The van der Waals surface area contributed by atoms with Crippen molar-refractivity contribution < 1.29 is 4.74 Å². The summed E-state index contributed by atoms with van der Waals surface area (Å²) in [6, 6.07) is 13.4. The molecule has 0 amide bonds. The molecule has 0 saturated carbocycles. The fourth-order valence-electron chi connectivity index (χ4n) is 2.40. The van der Waals surface area contributed by atoms with E-state index in [4.69, 9.17) is 27.9 Å². The molecule has 22 heavy (non-hydrogen) atoms. The lowest BCUT2D eigenvalue weighted by Crippen LogP contribution is -2.00. The monoisotopic (exact) mass is 348 g/mol. The van der Waals surface area contributed by atoms with Gasteiger partial charge in [0, 0.05) is 5.38 Å². The van der Waals surface area contributed by atoms with Crippen molar-refractivity contribution in [3.05, 3.63) is 63.6 Å². The molecule has 0 aliphatic carbocycles. The highest BCUT2D eigenvalue weighted by atomic mass is 35.5. The molecule has 4 aromatic rings. The van der Waals surface area contributed by atoms with Crippen LogP contribution in [0.4, 0.5) is 0 Å². The third-order valence-corrected chi connectivity index (χ3v) is 4.87. The number of aromatic nitrogens is 2. The lowest BCUT2D eigenvalue weighted by atomic mass is 10.3. The maximum absolute atomic E-state index is 6.14. The van der Waals surface area contributed by atoms with Gasteiger partial charge in [0.1, 0.15) is 6.61 Å². The van der Waals surface area contributed by atoms with Crippen molar-refractivity contribution in [2.75, 3.05) is 0 Å². The number of para-hydroxylation sites is 3. The summed E-state index contributed by atoms with van der Waals surface area (Å²) in [5.41, 5.74) is 3.07. The number of imidazole rings is 1. The van der Waals surface area contributed by atoms with Crippen molar-refractivity contribution in [1.82, 2.24) is 9.38 Å². The molecule has 2 heterocycles. The Labute approximate surface area is 140 Å². The van der Waals surface area contributed by atoms with Crippen LogP contribution in [0.5, 0.6) is 5.75 Å². The number of halogens is 2. The molecule has 0 N–H and O–H groups in total. The summed E-state index contributed by atoms with van der Waals surface area (Å²) >= 11 is 13.9. The van der Waals surface area contributed by atoms with Crippen molar-refractivity contribution in [2.45, 2.75) is 6.61 Å². The predicted octanol–water partition coefficient (Wildman–Crippen LogP) is 5.43. The Bertz CT molecular complexity index is 957. The Hall–Kier alpha value is -1.75. The van der Waals surface area contributed by atoms with E-state index in [-0.39, 0.29) is 0 Å². The van der Waals surface area contributed by atoms with Crippen LogP contribution in [0.3, 0.4) is 0 Å². The lowest BCUT2D eigenvalue weighted by molar-refractivity contribution is 0.301. The molecule has 2 aromatic heterocycles. The van der Waals surface area contributed by atoms with Gasteiger partial charge in [0.05, 0.1) is 26.8 Å². The number of rotatable bonds is 3. The molecule has 0 atom stereocenters. The highest BCUT2D eigenvalue weighted by Crippen LogP contribution is 2.33. The van der Waals surface area contributed by atoms with E-state index in [2.05, 4.69) is 9.38 Å². The van der Waals surface area contributed by atoms with Gasteiger partial charge in [0.25, 0.3) is 0 Å². The molecule has 6 heteroatoms. The largest absolute Gasteiger partial charge is 0.484 e. The van der Waals surface area contributed by atoms with Gasteiger partial charge in [-0.1, -0.05) is 41.4 Å². The molecule has 0 aliphatic heterocycles. The van der Waals surface area contributed by atoms with Gasteiger partial charge in [-0.15, -0.1) is 11.3 Å². The second-order valence-electron chi connectivity index (χ2n) is 4.78. The minimum Gasteiger partial charge on any atom is -0.484 e. The molecular weight excluding hydrogens is 339 g/mol. The highest BCUT2D eigenvalue weighted by Gasteiger charge is 2.12. The molecule has 0 saturated heterocycles. The minimum absolute atomic E-state index is 0.379. The van der Waals surface area contributed by atoms with E-state index in [9.17, 15) is 0 Å². The van der Waals surface area contributed by atoms with Gasteiger partial charge < -0.3 is 4.74 Å². The van der Waals surface area contributed by atoms with Crippen LogP contribution < -0.4 is 4.74 Å². The lowest BCUT2D eigenvalue weighted by Gasteiger charge is -2.09. The van der Waals surface area contributed by atoms with Crippen LogP contribution in [0.2, 0.25) is 10.0 Å². The Morgan fingerprint density at radius 2 is 1.82 bits per heavy atom. The number of hydrogen-bond donors (Lipinski definition) is 0. The molecule has 3 nitrogen and oxygen atoms in total. The van der Waals surface area contributed by atoms with E-state index in [1.807, 2.05) is 29.6 Å². The van der Waals surface area contributed by atoms with Crippen LogP contribution in [-0.2, 0) is 6.61 Å². The van der Waals surface area contributed by atoms with E-state index in [0.717, 1.165) is 21.7 Å². The summed E-state index contributed by atoms with van der Waals surface area (Å²) in [5.74, 6) is 0.509. The Kier molecular flexibility index (Phi) is 3.45. The first-order valence-corrected chi connectivity index (χ1v) is 8.28. The van der Waals surface area contributed by atoms with Gasteiger partial charge in [-0.3, -0.25) is 4.40 Å². The van der Waals surface area contributed by atoms with Crippen LogP contribution in [0.15, 0.2) is 47.8 Å². The van der Waals surface area contributed by atoms with Crippen molar-refractivity contribution in [1.29, 1.82) is 0 Å². The van der Waals surface area contributed by atoms with Gasteiger partial charge in [-0.25, -0.2) is 4.98 Å². The topological polar surface area (TPSA) is 26.5 Å². The Morgan fingerprint density at radius 1 is 1.05 bits per heavy atom. The second-order valence-corrected chi connectivity index (χ2v) is 6.44. The number of ether oxygens (including phenoxy) is 1. The first-order chi connectivity index (χ1) is 10.7. The summed E-state index contributed by atoms with van der Waals surface area (Å²) < 4.78 is 7.93. The van der Waals surface area contributed by atoms with Crippen molar-refractivity contribution in [2.24, 2.45) is 0 Å². The molecule has 2 aromatic carbocycles. The molecule has 110 valence electrons. The number of thiazole rings is 1. The van der Waals surface area contributed by atoms with Crippen LogP contribution in [-0.4, -0.2) is 9.38 Å². The average molecular weight is 349 g/mol. The smallest absolute Gasteiger partial charge is 0.195 e. The van der Waals surface area contributed by atoms with Crippen LogP contribution in [0.25, 0.3) is 16.0 Å². The van der Waals surface area contributed by atoms with Crippen LogP contribution in [0, 0.1) is 0 Å². The summed E-state index contributed by atoms with van der Waals surface area (Å²) in [7, 11) is 0. The molecule has 0 aliphatic rings. The van der Waals surface area contributed by atoms with Crippen molar-refractivity contribution in [3.63, 3.8) is 0 Å². The number of benzene rings is 2. The standard InChI is InChI=1S/C16H10Cl2N2OS/c17-11-4-3-5-12(18)15(11)21-8-10-9-22-16-19-13-6-1-2-7-14(13)20(10)16/h1-7,9H,8H2. The van der Waals surface area contributed by atoms with Gasteiger partial charge in [-0.05, 0) is 24.3 Å². The normalized spacial score (nSPS) is 11.4. The predicted molar refractivity (Wildman–Crippen MR) is 91.4 cm³/mol. The Morgan fingerprint density at radius 3 is 2.64 bits per heavy atom. The zero-order valence-corrected chi connectivity index (χ0v) is 13.6. The Balaban J connectivity index is 1.73. The van der Waals surface area contributed by atoms with Crippen molar-refractivity contribution >= 4 is 50.5 Å². The zero-order valence-electron chi connectivity index (χ0n) is 11.3. The third kappa shape index (κ3) is 2.24. The van der Waals surface area contributed by atoms with E-state index in [1.165, 1.54) is 0 Å². The van der Waals surface area contributed by atoms with E-state index in [1.54, 1.807) is 29.5 Å². The molecule has 0 bridgehead atoms. The number of hydrogen-bond acceptors (Lipinski definition) is 3. The first kappa shape index (κ1) is 13.9. The zero-order chi connectivity index (χ0) is 15.1. The summed E-state index contributed by atoms with van der Waals surface area (Å²) in [6.45, 7) is 0.379. The fraction of sp³-hybridized carbons (Fsp3) is 0.0625. The second kappa shape index (κ2) is 5.47. The third-order valence-electron chi connectivity index (χ3n) is 3.40. The van der Waals surface area contributed by atoms with Crippen LogP contribution >= 0.6 is 34.5 Å². The maximum Gasteiger partial charge on any atom is 0.195 e.